The third-order valence-corrected chi connectivity index (χ3v) is 6.23. The standard InChI is InChI=1S/C15H19Cl2N3O4S/c1-20(8-15(22)19-11-4-5-25(23,24)9-11)7-14(21)18-10-2-3-12(16)13(17)6-10/h2-3,6,11H,4-5,7-9H2,1H3,(H,18,21)(H,19,22)/p+1/t11-/m0/s1. The summed E-state index contributed by atoms with van der Waals surface area (Å²) in [6, 6.07) is 4.42. The first-order chi connectivity index (χ1) is 11.6. The van der Waals surface area contributed by atoms with Gasteiger partial charge in [-0.15, -0.1) is 0 Å². The molecule has 2 rings (SSSR count). The van der Waals surface area contributed by atoms with Crippen LogP contribution >= 0.6 is 23.2 Å². The van der Waals surface area contributed by atoms with Gasteiger partial charge in [0, 0.05) is 11.7 Å². The number of likely N-dealkylation sites (N-methyl/N-ethyl adjacent to an activating group) is 1. The van der Waals surface area contributed by atoms with Crippen LogP contribution in [0.15, 0.2) is 18.2 Å². The molecule has 2 amide bonds. The van der Waals surface area contributed by atoms with E-state index in [2.05, 4.69) is 10.6 Å². The van der Waals surface area contributed by atoms with Gasteiger partial charge in [0.15, 0.2) is 22.9 Å². The van der Waals surface area contributed by atoms with Crippen LogP contribution < -0.4 is 15.5 Å². The van der Waals surface area contributed by atoms with E-state index in [1.54, 1.807) is 25.2 Å². The van der Waals surface area contributed by atoms with E-state index in [1.807, 2.05) is 0 Å². The lowest BCUT2D eigenvalue weighted by Gasteiger charge is -2.16. The molecule has 0 saturated carbocycles. The molecule has 0 spiro atoms. The van der Waals surface area contributed by atoms with E-state index in [0.29, 0.717) is 27.1 Å². The molecule has 1 heterocycles. The summed E-state index contributed by atoms with van der Waals surface area (Å²) in [6.07, 6.45) is 0.435. The van der Waals surface area contributed by atoms with E-state index < -0.39 is 9.84 Å². The number of hydrogen-bond donors (Lipinski definition) is 3. The number of carbonyl (C=O) groups excluding carboxylic acids is 2. The van der Waals surface area contributed by atoms with E-state index in [0.717, 1.165) is 0 Å². The van der Waals surface area contributed by atoms with Gasteiger partial charge in [-0.1, -0.05) is 23.2 Å². The maximum absolute atomic E-state index is 12.0. The molecule has 1 aliphatic heterocycles. The summed E-state index contributed by atoms with van der Waals surface area (Å²) in [6.45, 7) is 0.155. The van der Waals surface area contributed by atoms with Crippen LogP contribution in [0.25, 0.3) is 0 Å². The van der Waals surface area contributed by atoms with Crippen molar-refractivity contribution < 1.29 is 22.9 Å². The fraction of sp³-hybridized carbons (Fsp3) is 0.467. The highest BCUT2D eigenvalue weighted by Gasteiger charge is 2.29. The van der Waals surface area contributed by atoms with Gasteiger partial charge in [-0.05, 0) is 24.6 Å². The molecule has 1 saturated heterocycles. The molecule has 25 heavy (non-hydrogen) atoms. The summed E-state index contributed by atoms with van der Waals surface area (Å²) in [4.78, 5) is 24.6. The minimum atomic E-state index is -3.04. The molecule has 2 atom stereocenters. The van der Waals surface area contributed by atoms with Gasteiger partial charge < -0.3 is 15.5 Å². The van der Waals surface area contributed by atoms with E-state index in [-0.39, 0.29) is 42.5 Å². The molecule has 138 valence electrons. The van der Waals surface area contributed by atoms with Gasteiger partial charge in [0.2, 0.25) is 0 Å². The molecule has 0 bridgehead atoms. The van der Waals surface area contributed by atoms with Gasteiger partial charge >= 0.3 is 0 Å². The van der Waals surface area contributed by atoms with Crippen LogP contribution in [0.3, 0.4) is 0 Å². The zero-order chi connectivity index (χ0) is 18.6. The van der Waals surface area contributed by atoms with Crippen LogP contribution in [0, 0.1) is 0 Å². The first-order valence-electron chi connectivity index (χ1n) is 7.70. The Kier molecular flexibility index (Phi) is 6.67. The van der Waals surface area contributed by atoms with Crippen molar-refractivity contribution in [3.05, 3.63) is 28.2 Å². The second kappa shape index (κ2) is 8.35. The fourth-order valence-electron chi connectivity index (χ4n) is 2.58. The van der Waals surface area contributed by atoms with E-state index in [1.165, 1.54) is 0 Å². The molecule has 0 aliphatic carbocycles. The highest BCUT2D eigenvalue weighted by atomic mass is 35.5. The third kappa shape index (κ3) is 6.47. The second-order valence-electron chi connectivity index (χ2n) is 6.16. The van der Waals surface area contributed by atoms with Gasteiger partial charge in [-0.25, -0.2) is 8.42 Å². The average Bonchev–Trinajstić information content (AvgIpc) is 2.81. The van der Waals surface area contributed by atoms with Crippen molar-refractivity contribution in [2.24, 2.45) is 0 Å². The normalized spacial score (nSPS) is 20.0. The molecule has 10 heteroatoms. The molecule has 1 unspecified atom stereocenters. The zero-order valence-corrected chi connectivity index (χ0v) is 16.0. The summed E-state index contributed by atoms with van der Waals surface area (Å²) in [5.41, 5.74) is 0.521. The smallest absolute Gasteiger partial charge is 0.279 e. The Hall–Kier alpha value is -1.35. The van der Waals surface area contributed by atoms with Gasteiger partial charge in [-0.2, -0.15) is 0 Å². The van der Waals surface area contributed by atoms with Crippen LogP contribution in [0.2, 0.25) is 10.0 Å². The number of sulfone groups is 1. The van der Waals surface area contributed by atoms with Crippen molar-refractivity contribution in [1.29, 1.82) is 0 Å². The van der Waals surface area contributed by atoms with Crippen LogP contribution in [0.4, 0.5) is 5.69 Å². The maximum Gasteiger partial charge on any atom is 0.279 e. The Labute approximate surface area is 156 Å². The summed E-state index contributed by atoms with van der Waals surface area (Å²) in [7, 11) is -1.33. The molecule has 1 fully saturated rings. The number of halogens is 2. The predicted molar refractivity (Wildman–Crippen MR) is 96.9 cm³/mol. The number of benzene rings is 1. The minimum Gasteiger partial charge on any atom is -0.347 e. The zero-order valence-electron chi connectivity index (χ0n) is 13.6. The van der Waals surface area contributed by atoms with Crippen molar-refractivity contribution in [3.63, 3.8) is 0 Å². The molecular weight excluding hydrogens is 389 g/mol. The van der Waals surface area contributed by atoms with Gasteiger partial charge in [0.25, 0.3) is 11.8 Å². The molecule has 1 aromatic rings. The Bertz CT molecular complexity index is 770. The molecule has 0 aromatic heterocycles. The van der Waals surface area contributed by atoms with Crippen LogP contribution in [0.1, 0.15) is 6.42 Å². The quantitative estimate of drug-likeness (QED) is 0.604. The minimum absolute atomic E-state index is 0.0183. The summed E-state index contributed by atoms with van der Waals surface area (Å²) in [5.74, 6) is -0.462. The number of hydrogen-bond acceptors (Lipinski definition) is 4. The van der Waals surface area contributed by atoms with Crippen molar-refractivity contribution in [1.82, 2.24) is 5.32 Å². The topological polar surface area (TPSA) is 96.8 Å². The van der Waals surface area contributed by atoms with Crippen LogP contribution in [-0.4, -0.2) is 57.9 Å². The highest BCUT2D eigenvalue weighted by Crippen LogP contribution is 2.24. The fourth-order valence-corrected chi connectivity index (χ4v) is 4.55. The average molecular weight is 409 g/mol. The van der Waals surface area contributed by atoms with E-state index in [4.69, 9.17) is 23.2 Å². The third-order valence-electron chi connectivity index (χ3n) is 3.73. The predicted octanol–water partition coefficient (Wildman–Crippen LogP) is -0.250. The number of nitrogens with one attached hydrogen (secondary N) is 3. The van der Waals surface area contributed by atoms with Crippen molar-refractivity contribution in [2.45, 2.75) is 12.5 Å². The molecule has 7 nitrogen and oxygen atoms in total. The summed E-state index contributed by atoms with van der Waals surface area (Å²) in [5, 5.41) is 6.12. The number of quaternary nitrogens is 1. The second-order valence-corrected chi connectivity index (χ2v) is 9.20. The molecule has 1 aliphatic rings. The summed E-state index contributed by atoms with van der Waals surface area (Å²) < 4.78 is 22.8. The monoisotopic (exact) mass is 408 g/mol. The number of anilines is 1. The first kappa shape index (κ1) is 20.0. The highest BCUT2D eigenvalue weighted by molar-refractivity contribution is 7.91. The Morgan fingerprint density at radius 3 is 2.48 bits per heavy atom. The maximum atomic E-state index is 12.0. The Morgan fingerprint density at radius 2 is 1.88 bits per heavy atom. The lowest BCUT2D eigenvalue weighted by atomic mass is 10.2. The van der Waals surface area contributed by atoms with Crippen molar-refractivity contribution in [2.75, 3.05) is 37.0 Å². The lowest BCUT2D eigenvalue weighted by molar-refractivity contribution is -0.862. The molecule has 3 N–H and O–H groups in total. The Balaban J connectivity index is 1.77. The number of rotatable bonds is 6. The van der Waals surface area contributed by atoms with Crippen LogP contribution in [-0.2, 0) is 19.4 Å². The Morgan fingerprint density at radius 1 is 1.20 bits per heavy atom. The summed E-state index contributed by atoms with van der Waals surface area (Å²) >= 11 is 11.7. The van der Waals surface area contributed by atoms with Gasteiger partial charge in [0.1, 0.15) is 0 Å². The molecule has 1 aromatic carbocycles. The molecular formula is C15H20Cl2N3O4S+. The number of amides is 2. The first-order valence-corrected chi connectivity index (χ1v) is 10.3. The van der Waals surface area contributed by atoms with Crippen LogP contribution in [0.5, 0.6) is 0 Å². The SMILES string of the molecule is C[NH+](CC(=O)Nc1ccc(Cl)c(Cl)c1)CC(=O)N[C@H]1CCS(=O)(=O)C1. The van der Waals surface area contributed by atoms with E-state index >= 15 is 0 Å². The lowest BCUT2D eigenvalue weighted by Crippen LogP contribution is -3.11. The van der Waals surface area contributed by atoms with E-state index in [9.17, 15) is 18.0 Å². The number of carbonyl (C=O) groups is 2. The van der Waals surface area contributed by atoms with Gasteiger partial charge in [0.05, 0.1) is 28.6 Å². The van der Waals surface area contributed by atoms with Crippen molar-refractivity contribution >= 4 is 50.5 Å². The van der Waals surface area contributed by atoms with Crippen molar-refractivity contribution in [3.8, 4) is 0 Å². The van der Waals surface area contributed by atoms with Gasteiger partial charge in [-0.3, -0.25) is 9.59 Å². The largest absolute Gasteiger partial charge is 0.347 e. The molecule has 0 radical (unpaired) electrons.